The number of likely N-dealkylation sites (tertiary alicyclic amines) is 1. The lowest BCUT2D eigenvalue weighted by molar-refractivity contribution is -0.135. The number of hydrogen-bond donors (Lipinski definition) is 2. The van der Waals surface area contributed by atoms with Crippen LogP contribution < -0.4 is 10.6 Å². The number of carbonyl (C=O) groups is 1. The number of benzene rings is 1. The normalized spacial score (nSPS) is 15.4. The molecule has 0 spiro atoms. The molecule has 6 heteroatoms. The second kappa shape index (κ2) is 12.2. The van der Waals surface area contributed by atoms with Gasteiger partial charge in [0, 0.05) is 38.1 Å². The number of nitrogens with zero attached hydrogens (tertiary/aromatic N) is 2. The van der Waals surface area contributed by atoms with Crippen LogP contribution in [0.3, 0.4) is 0 Å². The molecular weight excluding hydrogens is 451 g/mol. The fourth-order valence-electron chi connectivity index (χ4n) is 3.17. The molecule has 2 N–H and O–H groups in total. The maximum atomic E-state index is 12.1. The van der Waals surface area contributed by atoms with Crippen molar-refractivity contribution in [3.8, 4) is 0 Å². The smallest absolute Gasteiger partial charge is 0.225 e. The second-order valence-electron chi connectivity index (χ2n) is 7.39. The predicted octanol–water partition coefficient (Wildman–Crippen LogP) is 3.36. The van der Waals surface area contributed by atoms with Gasteiger partial charge >= 0.3 is 0 Å². The summed E-state index contributed by atoms with van der Waals surface area (Å²) >= 11 is 0. The summed E-state index contributed by atoms with van der Waals surface area (Å²) in [5.74, 6) is 1.23. The third kappa shape index (κ3) is 8.07. The average molecular weight is 486 g/mol. The number of amides is 1. The van der Waals surface area contributed by atoms with Crippen LogP contribution in [-0.4, -0.2) is 49.0 Å². The molecule has 1 fully saturated rings. The van der Waals surface area contributed by atoms with Crippen LogP contribution in [0.5, 0.6) is 0 Å². The van der Waals surface area contributed by atoms with Crippen molar-refractivity contribution >= 4 is 35.8 Å². The van der Waals surface area contributed by atoms with Gasteiger partial charge in [-0.25, -0.2) is 0 Å². The maximum Gasteiger partial charge on any atom is 0.225 e. The SMILES string of the molecule is CCNC(=NCCc1ccc(C)cc1)NC1CCN(C(=O)C(C)C)CC1.I. The van der Waals surface area contributed by atoms with E-state index >= 15 is 0 Å². The van der Waals surface area contributed by atoms with Gasteiger partial charge in [0.25, 0.3) is 0 Å². The number of guanidine groups is 1. The van der Waals surface area contributed by atoms with Gasteiger partial charge in [0.1, 0.15) is 0 Å². The van der Waals surface area contributed by atoms with E-state index in [0.717, 1.165) is 51.4 Å². The van der Waals surface area contributed by atoms with Crippen molar-refractivity contribution in [2.24, 2.45) is 10.9 Å². The van der Waals surface area contributed by atoms with Crippen molar-refractivity contribution < 1.29 is 4.79 Å². The lowest BCUT2D eigenvalue weighted by atomic mass is 10.0. The lowest BCUT2D eigenvalue weighted by Gasteiger charge is -2.34. The topological polar surface area (TPSA) is 56.7 Å². The highest BCUT2D eigenvalue weighted by atomic mass is 127. The molecule has 0 unspecified atom stereocenters. The van der Waals surface area contributed by atoms with Crippen LogP contribution in [0.2, 0.25) is 0 Å². The zero-order valence-corrected chi connectivity index (χ0v) is 19.5. The van der Waals surface area contributed by atoms with E-state index in [4.69, 9.17) is 4.99 Å². The number of aryl methyl sites for hydroxylation is 1. The Morgan fingerprint density at radius 2 is 1.85 bits per heavy atom. The molecule has 1 aromatic rings. The van der Waals surface area contributed by atoms with E-state index in [1.165, 1.54) is 11.1 Å². The molecule has 0 aromatic heterocycles. The molecule has 1 aliphatic heterocycles. The molecule has 1 saturated heterocycles. The molecule has 27 heavy (non-hydrogen) atoms. The van der Waals surface area contributed by atoms with Gasteiger partial charge in [0.05, 0.1) is 0 Å². The van der Waals surface area contributed by atoms with Gasteiger partial charge in [-0.05, 0) is 38.7 Å². The number of piperidine rings is 1. The van der Waals surface area contributed by atoms with E-state index in [0.29, 0.717) is 6.04 Å². The van der Waals surface area contributed by atoms with Gasteiger partial charge in [-0.3, -0.25) is 9.79 Å². The van der Waals surface area contributed by atoms with Crippen molar-refractivity contribution in [3.05, 3.63) is 35.4 Å². The molecule has 5 nitrogen and oxygen atoms in total. The van der Waals surface area contributed by atoms with Crippen LogP contribution in [-0.2, 0) is 11.2 Å². The zero-order chi connectivity index (χ0) is 18.9. The summed E-state index contributed by atoms with van der Waals surface area (Å²) in [6, 6.07) is 9.02. The number of nitrogens with one attached hydrogen (secondary N) is 2. The molecule has 1 heterocycles. The summed E-state index contributed by atoms with van der Waals surface area (Å²) < 4.78 is 0. The Kier molecular flexibility index (Phi) is 10.7. The Labute approximate surface area is 181 Å². The molecule has 1 aliphatic rings. The number of hydrogen-bond acceptors (Lipinski definition) is 2. The minimum absolute atomic E-state index is 0. The summed E-state index contributed by atoms with van der Waals surface area (Å²) in [7, 11) is 0. The first-order valence-electron chi connectivity index (χ1n) is 9.88. The quantitative estimate of drug-likeness (QED) is 0.369. The minimum atomic E-state index is 0. The van der Waals surface area contributed by atoms with Gasteiger partial charge in [0.15, 0.2) is 5.96 Å². The van der Waals surface area contributed by atoms with Crippen LogP contribution in [0.15, 0.2) is 29.3 Å². The van der Waals surface area contributed by atoms with Crippen LogP contribution >= 0.6 is 24.0 Å². The first-order chi connectivity index (χ1) is 12.5. The van der Waals surface area contributed by atoms with Crippen molar-refractivity contribution in [1.29, 1.82) is 0 Å². The van der Waals surface area contributed by atoms with Crippen LogP contribution in [0.1, 0.15) is 44.7 Å². The molecule has 0 aliphatic carbocycles. The van der Waals surface area contributed by atoms with Crippen LogP contribution in [0.25, 0.3) is 0 Å². The number of carbonyl (C=O) groups excluding carboxylic acids is 1. The van der Waals surface area contributed by atoms with Crippen LogP contribution in [0, 0.1) is 12.8 Å². The van der Waals surface area contributed by atoms with Gasteiger partial charge in [0.2, 0.25) is 5.91 Å². The summed E-state index contributed by atoms with van der Waals surface area (Å²) in [6.07, 6.45) is 2.89. The van der Waals surface area contributed by atoms with Crippen LogP contribution in [0.4, 0.5) is 0 Å². The van der Waals surface area contributed by atoms with Gasteiger partial charge in [-0.15, -0.1) is 24.0 Å². The Hall–Kier alpha value is -1.31. The van der Waals surface area contributed by atoms with Gasteiger partial charge in [-0.2, -0.15) is 0 Å². The summed E-state index contributed by atoms with van der Waals surface area (Å²) in [6.45, 7) is 11.4. The van der Waals surface area contributed by atoms with E-state index in [1.807, 2.05) is 18.7 Å². The van der Waals surface area contributed by atoms with Gasteiger partial charge in [-0.1, -0.05) is 43.7 Å². The Morgan fingerprint density at radius 1 is 1.22 bits per heavy atom. The summed E-state index contributed by atoms with van der Waals surface area (Å²) in [4.78, 5) is 18.8. The Balaban J connectivity index is 0.00000364. The van der Waals surface area contributed by atoms with E-state index in [-0.39, 0.29) is 35.8 Å². The van der Waals surface area contributed by atoms with Crippen molar-refractivity contribution in [3.63, 3.8) is 0 Å². The minimum Gasteiger partial charge on any atom is -0.357 e. The molecule has 0 bridgehead atoms. The highest BCUT2D eigenvalue weighted by molar-refractivity contribution is 14.0. The maximum absolute atomic E-state index is 12.1. The fraction of sp³-hybridized carbons (Fsp3) is 0.619. The highest BCUT2D eigenvalue weighted by Gasteiger charge is 2.24. The standard InChI is InChI=1S/C21H34N4O.HI/c1-5-22-21(23-13-10-18-8-6-17(4)7-9-18)24-19-11-14-25(15-12-19)20(26)16(2)3;/h6-9,16,19H,5,10-15H2,1-4H3,(H2,22,23,24);1H. The predicted molar refractivity (Wildman–Crippen MR) is 124 cm³/mol. The number of aliphatic imine (C=N–C) groups is 1. The molecule has 0 atom stereocenters. The van der Waals surface area contributed by atoms with E-state index in [2.05, 4.69) is 48.7 Å². The van der Waals surface area contributed by atoms with Crippen molar-refractivity contribution in [2.75, 3.05) is 26.2 Å². The second-order valence-corrected chi connectivity index (χ2v) is 7.39. The first kappa shape index (κ1) is 23.7. The Bertz CT molecular complexity index is 593. The summed E-state index contributed by atoms with van der Waals surface area (Å²) in [5, 5.41) is 6.88. The molecule has 1 aromatic carbocycles. The van der Waals surface area contributed by atoms with E-state index < -0.39 is 0 Å². The third-order valence-corrected chi connectivity index (χ3v) is 4.78. The number of rotatable bonds is 6. The number of halogens is 1. The molecular formula is C21H35IN4O. The van der Waals surface area contributed by atoms with E-state index in [1.54, 1.807) is 0 Å². The molecule has 2 rings (SSSR count). The van der Waals surface area contributed by atoms with Crippen molar-refractivity contribution in [2.45, 2.75) is 53.0 Å². The first-order valence-corrected chi connectivity index (χ1v) is 9.88. The monoisotopic (exact) mass is 486 g/mol. The molecule has 152 valence electrons. The highest BCUT2D eigenvalue weighted by Crippen LogP contribution is 2.13. The Morgan fingerprint density at radius 3 is 2.41 bits per heavy atom. The zero-order valence-electron chi connectivity index (χ0n) is 17.1. The lowest BCUT2D eigenvalue weighted by Crippen LogP contribution is -2.50. The fourth-order valence-corrected chi connectivity index (χ4v) is 3.17. The summed E-state index contributed by atoms with van der Waals surface area (Å²) in [5.41, 5.74) is 2.60. The van der Waals surface area contributed by atoms with E-state index in [9.17, 15) is 4.79 Å². The molecule has 0 radical (unpaired) electrons. The molecule has 1 amide bonds. The molecule has 0 saturated carbocycles. The van der Waals surface area contributed by atoms with Gasteiger partial charge < -0.3 is 15.5 Å². The third-order valence-electron chi connectivity index (χ3n) is 4.78. The van der Waals surface area contributed by atoms with Crippen molar-refractivity contribution in [1.82, 2.24) is 15.5 Å². The average Bonchev–Trinajstić information content (AvgIpc) is 2.63. The largest absolute Gasteiger partial charge is 0.357 e.